The van der Waals surface area contributed by atoms with E-state index in [0.29, 0.717) is 12.2 Å². The van der Waals surface area contributed by atoms with Gasteiger partial charge in [-0.05, 0) is 60.9 Å². The zero-order valence-corrected chi connectivity index (χ0v) is 28.0. The Labute approximate surface area is 274 Å². The second kappa shape index (κ2) is 15.7. The summed E-state index contributed by atoms with van der Waals surface area (Å²) in [5.74, 6) is -0.401. The minimum absolute atomic E-state index is 0.0366. The van der Waals surface area contributed by atoms with Crippen molar-refractivity contribution in [2.24, 2.45) is 0 Å². The number of sulfonamides is 1. The molecule has 0 bridgehead atoms. The predicted octanol–water partition coefficient (Wildman–Crippen LogP) is 6.21. The van der Waals surface area contributed by atoms with Gasteiger partial charge in [0.25, 0.3) is 10.0 Å². The van der Waals surface area contributed by atoms with Crippen molar-refractivity contribution >= 4 is 43.5 Å². The van der Waals surface area contributed by atoms with Crippen LogP contribution in [0.2, 0.25) is 0 Å². The predicted molar refractivity (Wildman–Crippen MR) is 180 cm³/mol. The third-order valence-electron chi connectivity index (χ3n) is 7.47. The average Bonchev–Trinajstić information content (AvgIpc) is 3.05. The molecule has 4 rings (SSSR count). The van der Waals surface area contributed by atoms with Gasteiger partial charge in [-0.2, -0.15) is 0 Å². The summed E-state index contributed by atoms with van der Waals surface area (Å²) in [6.45, 7) is 3.43. The maximum absolute atomic E-state index is 14.5. The molecule has 0 heterocycles. The highest BCUT2D eigenvalue weighted by Gasteiger charge is 2.35. The van der Waals surface area contributed by atoms with Crippen molar-refractivity contribution in [1.82, 2.24) is 10.2 Å². The van der Waals surface area contributed by atoms with Crippen LogP contribution in [0.5, 0.6) is 5.75 Å². The summed E-state index contributed by atoms with van der Waals surface area (Å²) < 4.78 is 35.5. The molecule has 4 aromatic rings. The van der Waals surface area contributed by atoms with Gasteiger partial charge >= 0.3 is 0 Å². The van der Waals surface area contributed by atoms with Gasteiger partial charge in [-0.1, -0.05) is 89.6 Å². The Morgan fingerprint density at radius 3 is 2.16 bits per heavy atom. The number of halogens is 1. The molecule has 10 heteroatoms. The average molecular weight is 693 g/mol. The van der Waals surface area contributed by atoms with Crippen LogP contribution in [-0.2, 0) is 32.6 Å². The lowest BCUT2D eigenvalue weighted by molar-refractivity contribution is -0.140. The molecule has 0 aromatic heterocycles. The van der Waals surface area contributed by atoms with Crippen LogP contribution in [0.3, 0.4) is 0 Å². The number of ether oxygens (including phenoxy) is 1. The fourth-order valence-corrected chi connectivity index (χ4v) is 6.71. The maximum atomic E-state index is 14.5. The Kier molecular flexibility index (Phi) is 11.8. The Hall–Kier alpha value is -4.15. The summed E-state index contributed by atoms with van der Waals surface area (Å²) >= 11 is 3.51. The zero-order chi connectivity index (χ0) is 32.4. The molecule has 0 saturated carbocycles. The fourth-order valence-electron chi connectivity index (χ4n) is 4.84. The van der Waals surface area contributed by atoms with E-state index >= 15 is 0 Å². The lowest BCUT2D eigenvalue weighted by atomic mass is 10.0. The molecule has 0 aliphatic carbocycles. The van der Waals surface area contributed by atoms with Crippen LogP contribution >= 0.6 is 15.9 Å². The van der Waals surface area contributed by atoms with Crippen molar-refractivity contribution in [2.45, 2.75) is 50.2 Å². The van der Waals surface area contributed by atoms with Crippen LogP contribution in [0.1, 0.15) is 31.4 Å². The summed E-state index contributed by atoms with van der Waals surface area (Å²) in [6, 6.07) is 30.5. The molecular formula is C35H38BrN3O5S. The second-order valence-corrected chi connectivity index (χ2v) is 13.5. The van der Waals surface area contributed by atoms with E-state index in [-0.39, 0.29) is 35.5 Å². The normalized spacial score (nSPS) is 12.5. The van der Waals surface area contributed by atoms with Crippen molar-refractivity contribution in [3.8, 4) is 5.75 Å². The van der Waals surface area contributed by atoms with Crippen LogP contribution in [0, 0.1) is 0 Å². The highest BCUT2D eigenvalue weighted by atomic mass is 79.9. The van der Waals surface area contributed by atoms with Gasteiger partial charge in [0.1, 0.15) is 18.3 Å². The third-order valence-corrected chi connectivity index (χ3v) is 9.75. The van der Waals surface area contributed by atoms with Crippen LogP contribution < -0.4 is 14.4 Å². The number of carbonyl (C=O) groups excluding carboxylic acids is 2. The zero-order valence-electron chi connectivity index (χ0n) is 25.6. The smallest absolute Gasteiger partial charge is 0.264 e. The molecule has 0 aliphatic heterocycles. The van der Waals surface area contributed by atoms with Crippen LogP contribution in [0.15, 0.2) is 119 Å². The number of anilines is 1. The summed E-state index contributed by atoms with van der Waals surface area (Å²) in [4.78, 5) is 30.0. The molecule has 0 aliphatic rings. The van der Waals surface area contributed by atoms with Crippen LogP contribution in [-0.4, -0.2) is 50.9 Å². The molecule has 236 valence electrons. The van der Waals surface area contributed by atoms with Crippen LogP contribution in [0.4, 0.5) is 5.69 Å². The van der Waals surface area contributed by atoms with E-state index in [9.17, 15) is 18.0 Å². The van der Waals surface area contributed by atoms with E-state index in [1.54, 1.807) is 42.5 Å². The molecule has 0 fully saturated rings. The standard InChI is InChI=1S/C35H38BrN3O5S/c1-4-26(2)37-35(41)33(22-27-13-7-5-8-14-27)38(24-28-15-11-16-29(36)21-28)34(40)25-39(30-17-12-18-31(23-30)44-3)45(42,43)32-19-9-6-10-20-32/h5-21,23,26,33H,4,22,24-25H2,1-3H3,(H,37,41)/t26-,33-/m0/s1. The van der Waals surface area contributed by atoms with Crippen molar-refractivity contribution in [2.75, 3.05) is 18.0 Å². The van der Waals surface area contributed by atoms with Gasteiger partial charge in [0.05, 0.1) is 17.7 Å². The van der Waals surface area contributed by atoms with E-state index < -0.39 is 28.5 Å². The topological polar surface area (TPSA) is 96.0 Å². The Morgan fingerprint density at radius 1 is 0.867 bits per heavy atom. The first kappa shape index (κ1) is 33.7. The molecule has 0 unspecified atom stereocenters. The minimum atomic E-state index is -4.19. The second-order valence-electron chi connectivity index (χ2n) is 10.7. The highest BCUT2D eigenvalue weighted by Crippen LogP contribution is 2.28. The molecule has 0 radical (unpaired) electrons. The minimum Gasteiger partial charge on any atom is -0.497 e. The van der Waals surface area contributed by atoms with Crippen molar-refractivity contribution in [3.63, 3.8) is 0 Å². The van der Waals surface area contributed by atoms with E-state index in [1.807, 2.05) is 68.4 Å². The Morgan fingerprint density at radius 2 is 1.51 bits per heavy atom. The van der Waals surface area contributed by atoms with Gasteiger partial charge in [-0.3, -0.25) is 13.9 Å². The lowest BCUT2D eigenvalue weighted by Gasteiger charge is -2.34. The molecule has 1 N–H and O–H groups in total. The van der Waals surface area contributed by atoms with E-state index in [4.69, 9.17) is 4.74 Å². The fraction of sp³-hybridized carbons (Fsp3) is 0.257. The van der Waals surface area contributed by atoms with Gasteiger partial charge in [0.15, 0.2) is 0 Å². The number of carbonyl (C=O) groups is 2. The lowest BCUT2D eigenvalue weighted by Crippen LogP contribution is -2.54. The maximum Gasteiger partial charge on any atom is 0.264 e. The van der Waals surface area contributed by atoms with Gasteiger partial charge in [0.2, 0.25) is 11.8 Å². The van der Waals surface area contributed by atoms with Crippen molar-refractivity contribution in [3.05, 3.63) is 125 Å². The number of hydrogen-bond acceptors (Lipinski definition) is 5. The molecule has 8 nitrogen and oxygen atoms in total. The quantitative estimate of drug-likeness (QED) is 0.170. The van der Waals surface area contributed by atoms with Crippen molar-refractivity contribution in [1.29, 1.82) is 0 Å². The monoisotopic (exact) mass is 691 g/mol. The number of hydrogen-bond donors (Lipinski definition) is 1. The number of rotatable bonds is 14. The van der Waals surface area contributed by atoms with Crippen LogP contribution in [0.25, 0.3) is 0 Å². The summed E-state index contributed by atoms with van der Waals surface area (Å²) in [6.07, 6.45) is 0.954. The number of benzene rings is 4. The first-order valence-corrected chi connectivity index (χ1v) is 17.0. The molecule has 2 amide bonds. The van der Waals surface area contributed by atoms with Crippen molar-refractivity contribution < 1.29 is 22.7 Å². The van der Waals surface area contributed by atoms with E-state index in [0.717, 1.165) is 19.9 Å². The summed E-state index contributed by atoms with van der Waals surface area (Å²) in [7, 11) is -2.70. The number of nitrogens with one attached hydrogen (secondary N) is 1. The summed E-state index contributed by atoms with van der Waals surface area (Å²) in [5, 5.41) is 3.05. The molecule has 0 spiro atoms. The van der Waals surface area contributed by atoms with Gasteiger partial charge < -0.3 is 15.0 Å². The largest absolute Gasteiger partial charge is 0.497 e. The Bertz CT molecular complexity index is 1690. The first-order valence-electron chi connectivity index (χ1n) is 14.7. The number of nitrogens with zero attached hydrogens (tertiary/aromatic N) is 2. The Balaban J connectivity index is 1.81. The molecule has 4 aromatic carbocycles. The highest BCUT2D eigenvalue weighted by molar-refractivity contribution is 9.10. The van der Waals surface area contributed by atoms with E-state index in [2.05, 4.69) is 21.2 Å². The first-order chi connectivity index (χ1) is 21.6. The molecule has 45 heavy (non-hydrogen) atoms. The van der Waals surface area contributed by atoms with Gasteiger partial charge in [-0.15, -0.1) is 0 Å². The van der Waals surface area contributed by atoms with E-state index in [1.165, 1.54) is 24.1 Å². The third kappa shape index (κ3) is 8.95. The molecule has 0 saturated heterocycles. The SMILES string of the molecule is CC[C@H](C)NC(=O)[C@H](Cc1ccccc1)N(Cc1cccc(Br)c1)C(=O)CN(c1cccc(OC)c1)S(=O)(=O)c1ccccc1. The van der Waals surface area contributed by atoms with Gasteiger partial charge in [0, 0.05) is 29.5 Å². The number of methoxy groups -OCH3 is 1. The summed E-state index contributed by atoms with van der Waals surface area (Å²) in [5.41, 5.74) is 1.92. The molecular weight excluding hydrogens is 654 g/mol. The van der Waals surface area contributed by atoms with Gasteiger partial charge in [-0.25, -0.2) is 8.42 Å². The number of amides is 2. The molecule has 2 atom stereocenters.